The highest BCUT2D eigenvalue weighted by Gasteiger charge is 2.16. The highest BCUT2D eigenvalue weighted by molar-refractivity contribution is 5.95. The summed E-state index contributed by atoms with van der Waals surface area (Å²) in [5, 5.41) is 7.79. The zero-order valence-corrected chi connectivity index (χ0v) is 15.9. The molecule has 0 unspecified atom stereocenters. The van der Waals surface area contributed by atoms with Gasteiger partial charge in [-0.15, -0.1) is 10.2 Å². The van der Waals surface area contributed by atoms with E-state index in [-0.39, 0.29) is 24.9 Å². The van der Waals surface area contributed by atoms with Crippen LogP contribution in [-0.4, -0.2) is 28.6 Å². The number of ether oxygens (including phenoxy) is 2. The van der Waals surface area contributed by atoms with E-state index in [1.807, 2.05) is 6.92 Å². The summed E-state index contributed by atoms with van der Waals surface area (Å²) in [7, 11) is 0. The number of esters is 1. The van der Waals surface area contributed by atoms with Gasteiger partial charge in [0.2, 0.25) is 0 Å². The van der Waals surface area contributed by atoms with Crippen LogP contribution in [0.4, 0.5) is 0 Å². The normalized spacial score (nSPS) is 10.7. The number of rotatable bonds is 8. The maximum atomic E-state index is 11.8. The molecule has 0 amide bonds. The van der Waals surface area contributed by atoms with E-state index in [4.69, 9.17) is 18.3 Å². The average molecular weight is 384 g/mol. The smallest absolute Gasteiger partial charge is 0.344 e. The second-order valence-electron chi connectivity index (χ2n) is 6.08. The Balaban J connectivity index is 1.48. The predicted octanol–water partition coefficient (Wildman–Crippen LogP) is 3.66. The number of hydrogen-bond donors (Lipinski definition) is 0. The van der Waals surface area contributed by atoms with E-state index in [0.717, 1.165) is 5.76 Å². The molecule has 1 aromatic carbocycles. The molecule has 0 bridgehead atoms. The standard InChI is InChI=1S/C20H20N2O6/c1-4-17(23)14-5-7-15(8-6-14)25-11-19(24)26-10-18-21-22-20(28-18)16-9-12(2)27-13(16)3/h5-9H,4,10-11H2,1-3H3. The lowest BCUT2D eigenvalue weighted by atomic mass is 10.1. The molecule has 0 saturated carbocycles. The van der Waals surface area contributed by atoms with Crippen molar-refractivity contribution in [2.24, 2.45) is 0 Å². The molecule has 8 heteroatoms. The molecular formula is C20H20N2O6. The molecule has 2 heterocycles. The zero-order valence-electron chi connectivity index (χ0n) is 15.9. The third-order valence-corrected chi connectivity index (χ3v) is 3.95. The van der Waals surface area contributed by atoms with Gasteiger partial charge in [-0.2, -0.15) is 0 Å². The van der Waals surface area contributed by atoms with Crippen molar-refractivity contribution in [1.82, 2.24) is 10.2 Å². The Morgan fingerprint density at radius 2 is 1.82 bits per heavy atom. The van der Waals surface area contributed by atoms with Crippen LogP contribution in [0.1, 0.15) is 41.1 Å². The maximum Gasteiger partial charge on any atom is 0.344 e. The summed E-state index contributed by atoms with van der Waals surface area (Å²) in [6.45, 7) is 4.99. The Morgan fingerprint density at radius 3 is 2.46 bits per heavy atom. The van der Waals surface area contributed by atoms with Crippen molar-refractivity contribution in [3.8, 4) is 17.2 Å². The zero-order chi connectivity index (χ0) is 20.1. The van der Waals surface area contributed by atoms with Gasteiger partial charge < -0.3 is 18.3 Å². The van der Waals surface area contributed by atoms with Crippen molar-refractivity contribution < 1.29 is 27.9 Å². The summed E-state index contributed by atoms with van der Waals surface area (Å²) < 4.78 is 21.3. The first-order valence-corrected chi connectivity index (χ1v) is 8.77. The summed E-state index contributed by atoms with van der Waals surface area (Å²) in [6.07, 6.45) is 0.434. The fraction of sp³-hybridized carbons (Fsp3) is 0.300. The average Bonchev–Trinajstić information content (AvgIpc) is 3.30. The number of aryl methyl sites for hydroxylation is 2. The number of carbonyl (C=O) groups is 2. The van der Waals surface area contributed by atoms with Gasteiger partial charge in [0.05, 0.1) is 5.56 Å². The Morgan fingerprint density at radius 1 is 1.07 bits per heavy atom. The Hall–Kier alpha value is -3.42. The largest absolute Gasteiger partial charge is 0.482 e. The van der Waals surface area contributed by atoms with Crippen LogP contribution in [0, 0.1) is 13.8 Å². The molecule has 0 radical (unpaired) electrons. The Bertz CT molecular complexity index is 971. The van der Waals surface area contributed by atoms with Crippen molar-refractivity contribution in [2.45, 2.75) is 33.8 Å². The van der Waals surface area contributed by atoms with Crippen molar-refractivity contribution in [3.63, 3.8) is 0 Å². The monoisotopic (exact) mass is 384 g/mol. The lowest BCUT2D eigenvalue weighted by Gasteiger charge is -2.06. The molecule has 0 spiro atoms. The van der Waals surface area contributed by atoms with Crippen LogP contribution < -0.4 is 4.74 Å². The van der Waals surface area contributed by atoms with Crippen LogP contribution in [0.3, 0.4) is 0 Å². The lowest BCUT2D eigenvalue weighted by Crippen LogP contribution is -2.14. The molecule has 0 aliphatic rings. The Labute approximate surface area is 161 Å². The third-order valence-electron chi connectivity index (χ3n) is 3.95. The van der Waals surface area contributed by atoms with Gasteiger partial charge in [0, 0.05) is 12.0 Å². The number of aromatic nitrogens is 2. The quantitative estimate of drug-likeness (QED) is 0.428. The van der Waals surface area contributed by atoms with Gasteiger partial charge in [-0.05, 0) is 44.2 Å². The van der Waals surface area contributed by atoms with E-state index in [1.165, 1.54) is 0 Å². The summed E-state index contributed by atoms with van der Waals surface area (Å²) in [4.78, 5) is 23.4. The molecule has 3 rings (SSSR count). The molecule has 0 fully saturated rings. The Kier molecular flexibility index (Phi) is 5.88. The highest BCUT2D eigenvalue weighted by Crippen LogP contribution is 2.25. The van der Waals surface area contributed by atoms with Gasteiger partial charge >= 0.3 is 5.97 Å². The minimum absolute atomic E-state index is 0.0469. The molecule has 2 aromatic heterocycles. The van der Waals surface area contributed by atoms with Crippen LogP contribution in [0.15, 0.2) is 39.2 Å². The third kappa shape index (κ3) is 4.64. The second kappa shape index (κ2) is 8.51. The van der Waals surface area contributed by atoms with E-state index in [2.05, 4.69) is 10.2 Å². The van der Waals surface area contributed by atoms with E-state index in [9.17, 15) is 9.59 Å². The van der Waals surface area contributed by atoms with Crippen molar-refractivity contribution in [3.05, 3.63) is 53.3 Å². The van der Waals surface area contributed by atoms with Gasteiger partial charge in [0.25, 0.3) is 11.8 Å². The first-order valence-electron chi connectivity index (χ1n) is 8.77. The molecule has 0 N–H and O–H groups in total. The second-order valence-corrected chi connectivity index (χ2v) is 6.08. The molecule has 28 heavy (non-hydrogen) atoms. The fourth-order valence-electron chi connectivity index (χ4n) is 2.53. The number of hydrogen-bond acceptors (Lipinski definition) is 8. The van der Waals surface area contributed by atoms with Crippen molar-refractivity contribution in [1.29, 1.82) is 0 Å². The first-order chi connectivity index (χ1) is 13.5. The van der Waals surface area contributed by atoms with E-state index in [1.54, 1.807) is 44.2 Å². The molecule has 0 aliphatic carbocycles. The minimum atomic E-state index is -0.580. The number of furan rings is 1. The molecule has 0 atom stereocenters. The van der Waals surface area contributed by atoms with Crippen molar-refractivity contribution >= 4 is 11.8 Å². The summed E-state index contributed by atoms with van der Waals surface area (Å²) in [5.41, 5.74) is 1.31. The SMILES string of the molecule is CCC(=O)c1ccc(OCC(=O)OCc2nnc(-c3cc(C)oc3C)o2)cc1. The van der Waals surface area contributed by atoms with Crippen LogP contribution in [0.5, 0.6) is 5.75 Å². The highest BCUT2D eigenvalue weighted by atomic mass is 16.6. The predicted molar refractivity (Wildman–Crippen MR) is 97.8 cm³/mol. The molecular weight excluding hydrogens is 364 g/mol. The molecule has 146 valence electrons. The van der Waals surface area contributed by atoms with E-state index >= 15 is 0 Å². The van der Waals surface area contributed by atoms with Crippen LogP contribution in [0.25, 0.3) is 11.5 Å². The first kappa shape index (κ1) is 19.3. The fourth-order valence-corrected chi connectivity index (χ4v) is 2.53. The van der Waals surface area contributed by atoms with Gasteiger partial charge in [0.1, 0.15) is 17.3 Å². The summed E-state index contributed by atoms with van der Waals surface area (Å²) >= 11 is 0. The molecule has 8 nitrogen and oxygen atoms in total. The molecule has 0 aliphatic heterocycles. The van der Waals surface area contributed by atoms with Crippen LogP contribution in [0.2, 0.25) is 0 Å². The number of carbonyl (C=O) groups excluding carboxylic acids is 2. The minimum Gasteiger partial charge on any atom is -0.482 e. The number of ketones is 1. The van der Waals surface area contributed by atoms with E-state index < -0.39 is 5.97 Å². The van der Waals surface area contributed by atoms with Crippen molar-refractivity contribution in [2.75, 3.05) is 6.61 Å². The summed E-state index contributed by atoms with van der Waals surface area (Å²) in [6, 6.07) is 8.38. The van der Waals surface area contributed by atoms with Gasteiger partial charge in [-0.1, -0.05) is 6.92 Å². The van der Waals surface area contributed by atoms with Crippen LogP contribution in [-0.2, 0) is 16.1 Å². The van der Waals surface area contributed by atoms with Gasteiger partial charge in [-0.3, -0.25) is 4.79 Å². The van der Waals surface area contributed by atoms with E-state index in [0.29, 0.717) is 34.9 Å². The van der Waals surface area contributed by atoms with Crippen LogP contribution >= 0.6 is 0 Å². The lowest BCUT2D eigenvalue weighted by molar-refractivity contribution is -0.148. The summed E-state index contributed by atoms with van der Waals surface area (Å²) in [5.74, 6) is 1.82. The molecule has 3 aromatic rings. The number of Topliss-reactive ketones (excluding diaryl/α,β-unsaturated/α-hetero) is 1. The maximum absolute atomic E-state index is 11.8. The number of nitrogens with zero attached hydrogens (tertiary/aromatic N) is 2. The molecule has 0 saturated heterocycles. The van der Waals surface area contributed by atoms with Gasteiger partial charge in [-0.25, -0.2) is 4.79 Å². The van der Waals surface area contributed by atoms with Gasteiger partial charge in [0.15, 0.2) is 19.0 Å². The topological polar surface area (TPSA) is 105 Å². The number of benzene rings is 1.